The van der Waals surface area contributed by atoms with Crippen LogP contribution in [-0.2, 0) is 0 Å². The Hall–Kier alpha value is -1.38. The number of hydrogen-bond acceptors (Lipinski definition) is 3. The van der Waals surface area contributed by atoms with Crippen molar-refractivity contribution >= 4 is 12.4 Å². The number of nitrogens with one attached hydrogen (secondary N) is 2. The summed E-state index contributed by atoms with van der Waals surface area (Å²) in [5, 5.41) is 10.2. The number of hydrogen-bond donors (Lipinski definition) is 2. The first kappa shape index (κ1) is 8.71. The highest BCUT2D eigenvalue weighted by Gasteiger charge is 2.06. The molecule has 0 saturated heterocycles. The minimum atomic E-state index is 0.790. The predicted molar refractivity (Wildman–Crippen MR) is 51.7 cm³/mol. The summed E-state index contributed by atoms with van der Waals surface area (Å²) in [4.78, 5) is 4.15. The standard InChI is InChI=1S/C9H13N3/c1-3-11-8-4-7(2)6-12-9(8)5-10/h3-5,10,12H,6H2,1-2H3/b10-5?,11-3-. The van der Waals surface area contributed by atoms with Gasteiger partial charge >= 0.3 is 0 Å². The van der Waals surface area contributed by atoms with Gasteiger partial charge in [-0.3, -0.25) is 4.99 Å². The van der Waals surface area contributed by atoms with E-state index in [0.717, 1.165) is 17.9 Å². The highest BCUT2D eigenvalue weighted by atomic mass is 14.9. The van der Waals surface area contributed by atoms with Gasteiger partial charge in [-0.25, -0.2) is 0 Å². The van der Waals surface area contributed by atoms with Crippen LogP contribution in [0.4, 0.5) is 0 Å². The van der Waals surface area contributed by atoms with Crippen molar-refractivity contribution < 1.29 is 0 Å². The molecule has 0 amide bonds. The third kappa shape index (κ3) is 1.81. The molecule has 3 nitrogen and oxygen atoms in total. The Balaban J connectivity index is 3.00. The first-order chi connectivity index (χ1) is 5.77. The normalized spacial score (nSPS) is 17.7. The number of nitrogens with zero attached hydrogens (tertiary/aromatic N) is 1. The van der Waals surface area contributed by atoms with E-state index in [2.05, 4.69) is 10.3 Å². The van der Waals surface area contributed by atoms with Crippen molar-refractivity contribution in [2.24, 2.45) is 4.99 Å². The Morgan fingerprint density at radius 3 is 3.00 bits per heavy atom. The van der Waals surface area contributed by atoms with Crippen LogP contribution in [-0.4, -0.2) is 19.0 Å². The third-order valence-corrected chi connectivity index (χ3v) is 1.63. The fourth-order valence-corrected chi connectivity index (χ4v) is 1.06. The maximum atomic E-state index is 7.12. The first-order valence-corrected chi connectivity index (χ1v) is 3.92. The molecule has 0 atom stereocenters. The Bertz CT molecular complexity index is 271. The van der Waals surface area contributed by atoms with Crippen LogP contribution >= 0.6 is 0 Å². The van der Waals surface area contributed by atoms with Crippen molar-refractivity contribution in [3.05, 3.63) is 23.0 Å². The molecule has 64 valence electrons. The van der Waals surface area contributed by atoms with E-state index in [9.17, 15) is 0 Å². The summed E-state index contributed by atoms with van der Waals surface area (Å²) in [6.07, 6.45) is 5.03. The number of allylic oxidation sites excluding steroid dienone is 2. The Labute approximate surface area is 72.4 Å². The minimum Gasteiger partial charge on any atom is -0.378 e. The summed E-state index contributed by atoms with van der Waals surface area (Å²) in [5.74, 6) is 0. The lowest BCUT2D eigenvalue weighted by atomic mass is 10.1. The van der Waals surface area contributed by atoms with E-state index in [0.29, 0.717) is 0 Å². The largest absolute Gasteiger partial charge is 0.378 e. The monoisotopic (exact) mass is 163 g/mol. The number of aliphatic imine (C=N–C) groups is 1. The molecular formula is C9H13N3. The molecule has 0 aromatic rings. The van der Waals surface area contributed by atoms with Crippen LogP contribution in [0.15, 0.2) is 28.0 Å². The van der Waals surface area contributed by atoms with Gasteiger partial charge in [-0.2, -0.15) is 0 Å². The van der Waals surface area contributed by atoms with Crippen LogP contribution in [0.1, 0.15) is 13.8 Å². The molecule has 0 bridgehead atoms. The van der Waals surface area contributed by atoms with Gasteiger partial charge in [0.05, 0.1) is 11.4 Å². The first-order valence-electron chi connectivity index (χ1n) is 3.92. The summed E-state index contributed by atoms with van der Waals surface area (Å²) in [5.41, 5.74) is 2.87. The Morgan fingerprint density at radius 1 is 1.67 bits per heavy atom. The zero-order chi connectivity index (χ0) is 8.97. The quantitative estimate of drug-likeness (QED) is 0.595. The predicted octanol–water partition coefficient (Wildman–Crippen LogP) is 1.49. The highest BCUT2D eigenvalue weighted by molar-refractivity contribution is 5.78. The molecule has 0 spiro atoms. The van der Waals surface area contributed by atoms with Crippen LogP contribution in [0, 0.1) is 5.41 Å². The van der Waals surface area contributed by atoms with E-state index in [1.165, 1.54) is 11.8 Å². The van der Waals surface area contributed by atoms with Crippen molar-refractivity contribution in [1.82, 2.24) is 5.32 Å². The summed E-state index contributed by atoms with van der Waals surface area (Å²) in [6, 6.07) is 0. The topological polar surface area (TPSA) is 48.2 Å². The van der Waals surface area contributed by atoms with Crippen LogP contribution in [0.2, 0.25) is 0 Å². The van der Waals surface area contributed by atoms with Gasteiger partial charge in [-0.1, -0.05) is 5.57 Å². The lowest BCUT2D eigenvalue weighted by molar-refractivity contribution is 0.873. The van der Waals surface area contributed by atoms with Gasteiger partial charge in [0.25, 0.3) is 0 Å². The molecule has 1 aliphatic rings. The fraction of sp³-hybridized carbons (Fsp3) is 0.333. The molecule has 0 radical (unpaired) electrons. The van der Waals surface area contributed by atoms with Crippen molar-refractivity contribution in [3.8, 4) is 0 Å². The number of rotatable bonds is 2. The molecule has 3 heteroatoms. The van der Waals surface area contributed by atoms with Gasteiger partial charge in [0.1, 0.15) is 0 Å². The van der Waals surface area contributed by atoms with Gasteiger partial charge in [-0.15, -0.1) is 0 Å². The molecule has 0 fully saturated rings. The van der Waals surface area contributed by atoms with E-state index in [-0.39, 0.29) is 0 Å². The second-order valence-electron chi connectivity index (χ2n) is 2.67. The zero-order valence-electron chi connectivity index (χ0n) is 7.39. The fourth-order valence-electron chi connectivity index (χ4n) is 1.06. The summed E-state index contributed by atoms with van der Waals surface area (Å²) >= 11 is 0. The van der Waals surface area contributed by atoms with Gasteiger partial charge < -0.3 is 10.7 Å². The minimum absolute atomic E-state index is 0.790. The molecule has 0 unspecified atom stereocenters. The van der Waals surface area contributed by atoms with Crippen LogP contribution in [0.25, 0.3) is 0 Å². The molecule has 0 aromatic heterocycles. The van der Waals surface area contributed by atoms with Crippen LogP contribution in [0.3, 0.4) is 0 Å². The molecule has 2 N–H and O–H groups in total. The van der Waals surface area contributed by atoms with E-state index in [1.54, 1.807) is 6.21 Å². The van der Waals surface area contributed by atoms with Gasteiger partial charge in [0.15, 0.2) is 0 Å². The molecule has 1 heterocycles. The average molecular weight is 163 g/mol. The molecular weight excluding hydrogens is 150 g/mol. The lowest BCUT2D eigenvalue weighted by Crippen LogP contribution is -2.21. The Kier molecular flexibility index (Phi) is 2.80. The van der Waals surface area contributed by atoms with Crippen molar-refractivity contribution in [2.45, 2.75) is 13.8 Å². The summed E-state index contributed by atoms with van der Waals surface area (Å²) in [7, 11) is 0. The zero-order valence-corrected chi connectivity index (χ0v) is 7.39. The van der Waals surface area contributed by atoms with E-state index >= 15 is 0 Å². The SMILES string of the molecule is C/C=N\C1=C(C=N)NCC(C)=C1. The third-order valence-electron chi connectivity index (χ3n) is 1.63. The number of dihydropyridines is 1. The second kappa shape index (κ2) is 3.85. The molecule has 12 heavy (non-hydrogen) atoms. The summed E-state index contributed by atoms with van der Waals surface area (Å²) in [6.45, 7) is 4.72. The molecule has 0 aliphatic carbocycles. The van der Waals surface area contributed by atoms with E-state index < -0.39 is 0 Å². The summed E-state index contributed by atoms with van der Waals surface area (Å²) < 4.78 is 0. The van der Waals surface area contributed by atoms with Crippen molar-refractivity contribution in [3.63, 3.8) is 0 Å². The van der Waals surface area contributed by atoms with E-state index in [1.807, 2.05) is 19.9 Å². The maximum absolute atomic E-state index is 7.12. The van der Waals surface area contributed by atoms with Gasteiger partial charge in [0.2, 0.25) is 0 Å². The van der Waals surface area contributed by atoms with Crippen molar-refractivity contribution in [2.75, 3.05) is 6.54 Å². The smallest absolute Gasteiger partial charge is 0.0872 e. The molecule has 1 aliphatic heterocycles. The average Bonchev–Trinajstić information content (AvgIpc) is 2.05. The van der Waals surface area contributed by atoms with E-state index in [4.69, 9.17) is 5.41 Å². The highest BCUT2D eigenvalue weighted by Crippen LogP contribution is 2.11. The van der Waals surface area contributed by atoms with Crippen molar-refractivity contribution in [1.29, 1.82) is 5.41 Å². The van der Waals surface area contributed by atoms with Gasteiger partial charge in [0, 0.05) is 19.0 Å². The Morgan fingerprint density at radius 2 is 2.42 bits per heavy atom. The maximum Gasteiger partial charge on any atom is 0.0872 e. The lowest BCUT2D eigenvalue weighted by Gasteiger charge is -2.14. The second-order valence-corrected chi connectivity index (χ2v) is 2.67. The molecule has 0 aromatic carbocycles. The van der Waals surface area contributed by atoms with Crippen LogP contribution < -0.4 is 5.32 Å². The van der Waals surface area contributed by atoms with Crippen LogP contribution in [0.5, 0.6) is 0 Å². The molecule has 0 saturated carbocycles. The van der Waals surface area contributed by atoms with Gasteiger partial charge in [-0.05, 0) is 19.9 Å². The molecule has 1 rings (SSSR count).